The van der Waals surface area contributed by atoms with Crippen molar-refractivity contribution in [3.05, 3.63) is 0 Å². The standard InChI is InChI=1S/C56H116N2O3/c1-5-9-13-17-21-25-29-30-34-38-42-46-50-57(51-54(59)47-43-39-35-31-26-22-18-14-10-6-2)58(52-55(60)48-44-40-36-32-27-23-19-15-11-7-3)53-56(61)49-45-41-37-33-28-24-20-16-12-8-4/h54-56,59-61H,5-53H2,1-4H3. The summed E-state index contributed by atoms with van der Waals surface area (Å²) in [5.74, 6) is 0. The predicted octanol–water partition coefficient (Wildman–Crippen LogP) is 17.2. The lowest BCUT2D eigenvalue weighted by Crippen LogP contribution is -2.52. The third-order valence-corrected chi connectivity index (χ3v) is 13.6. The number of aliphatic hydroxyl groups is 3. The van der Waals surface area contributed by atoms with Crippen LogP contribution in [0.3, 0.4) is 0 Å². The van der Waals surface area contributed by atoms with Gasteiger partial charge >= 0.3 is 0 Å². The van der Waals surface area contributed by atoms with Crippen molar-refractivity contribution in [2.45, 2.75) is 335 Å². The molecule has 0 aromatic carbocycles. The Labute approximate surface area is 385 Å². The maximum Gasteiger partial charge on any atom is 0.0681 e. The van der Waals surface area contributed by atoms with E-state index in [0.29, 0.717) is 19.6 Å². The van der Waals surface area contributed by atoms with Crippen LogP contribution in [0.15, 0.2) is 0 Å². The van der Waals surface area contributed by atoms with Crippen molar-refractivity contribution >= 4 is 0 Å². The minimum absolute atomic E-state index is 0.368. The van der Waals surface area contributed by atoms with E-state index in [1.54, 1.807) is 0 Å². The van der Waals surface area contributed by atoms with Gasteiger partial charge in [0, 0.05) is 26.2 Å². The molecule has 3 unspecified atom stereocenters. The van der Waals surface area contributed by atoms with Gasteiger partial charge in [0.15, 0.2) is 0 Å². The molecule has 0 aliphatic heterocycles. The Bertz CT molecular complexity index is 766. The molecular formula is C56H116N2O3. The molecule has 61 heavy (non-hydrogen) atoms. The number of nitrogens with zero attached hydrogens (tertiary/aromatic N) is 2. The van der Waals surface area contributed by atoms with Crippen molar-refractivity contribution in [1.29, 1.82) is 0 Å². The molecule has 3 N–H and O–H groups in total. The normalized spacial score (nSPS) is 13.5. The Morgan fingerprint density at radius 3 is 0.639 bits per heavy atom. The van der Waals surface area contributed by atoms with Crippen LogP contribution in [-0.4, -0.2) is 69.8 Å². The number of rotatable bonds is 53. The van der Waals surface area contributed by atoms with E-state index in [4.69, 9.17) is 0 Å². The molecule has 0 spiro atoms. The fourth-order valence-electron chi connectivity index (χ4n) is 9.39. The third kappa shape index (κ3) is 46.1. The van der Waals surface area contributed by atoms with Crippen LogP contribution in [0.5, 0.6) is 0 Å². The van der Waals surface area contributed by atoms with Gasteiger partial charge in [0.25, 0.3) is 0 Å². The van der Waals surface area contributed by atoms with E-state index in [0.717, 1.165) is 51.5 Å². The molecule has 0 aliphatic rings. The molecule has 0 bridgehead atoms. The monoisotopic (exact) mass is 865 g/mol. The van der Waals surface area contributed by atoms with Gasteiger partial charge in [0.2, 0.25) is 0 Å². The number of hydrazine groups is 1. The summed E-state index contributed by atoms with van der Waals surface area (Å²) >= 11 is 0. The van der Waals surface area contributed by atoms with Crippen LogP contribution in [-0.2, 0) is 0 Å². The van der Waals surface area contributed by atoms with E-state index in [1.165, 1.54) is 244 Å². The van der Waals surface area contributed by atoms with Gasteiger partial charge < -0.3 is 15.3 Å². The fourth-order valence-corrected chi connectivity index (χ4v) is 9.39. The summed E-state index contributed by atoms with van der Waals surface area (Å²) in [6.45, 7) is 11.8. The molecule has 0 heterocycles. The van der Waals surface area contributed by atoms with Gasteiger partial charge in [-0.15, -0.1) is 0 Å². The van der Waals surface area contributed by atoms with E-state index < -0.39 is 12.2 Å². The maximum absolute atomic E-state index is 11.5. The molecule has 5 heteroatoms. The van der Waals surface area contributed by atoms with Crippen molar-refractivity contribution in [2.24, 2.45) is 0 Å². The SMILES string of the molecule is CCCCCCCCCCCCCCN(CC(O)CCCCCCCCCCCC)N(CC(O)CCCCCCCCCCCC)CC(O)CCCCCCCCCCCC. The lowest BCUT2D eigenvalue weighted by atomic mass is 10.0. The highest BCUT2D eigenvalue weighted by Gasteiger charge is 2.24. The molecule has 5 nitrogen and oxygen atoms in total. The summed E-state index contributed by atoms with van der Waals surface area (Å²) in [7, 11) is 0. The molecule has 0 saturated heterocycles. The average Bonchev–Trinajstić information content (AvgIpc) is 3.25. The number of hydrogen-bond acceptors (Lipinski definition) is 5. The van der Waals surface area contributed by atoms with Crippen LogP contribution in [0.1, 0.15) is 317 Å². The lowest BCUT2D eigenvalue weighted by Gasteiger charge is -2.39. The van der Waals surface area contributed by atoms with Gasteiger partial charge in [-0.25, -0.2) is 10.0 Å². The van der Waals surface area contributed by atoms with Crippen LogP contribution in [0.25, 0.3) is 0 Å². The maximum atomic E-state index is 11.5. The van der Waals surface area contributed by atoms with Gasteiger partial charge in [-0.1, -0.05) is 291 Å². The molecule has 0 aliphatic carbocycles. The smallest absolute Gasteiger partial charge is 0.0681 e. The highest BCUT2D eigenvalue weighted by atomic mass is 16.3. The minimum atomic E-state index is -0.401. The van der Waals surface area contributed by atoms with Gasteiger partial charge in [0.1, 0.15) is 0 Å². The van der Waals surface area contributed by atoms with Gasteiger partial charge in [-0.3, -0.25) is 0 Å². The Kier molecular flexibility index (Phi) is 50.6. The second kappa shape index (κ2) is 50.8. The van der Waals surface area contributed by atoms with E-state index in [2.05, 4.69) is 37.7 Å². The first-order valence-corrected chi connectivity index (χ1v) is 28.5. The zero-order chi connectivity index (χ0) is 44.5. The third-order valence-electron chi connectivity index (χ3n) is 13.6. The lowest BCUT2D eigenvalue weighted by molar-refractivity contribution is -0.0964. The van der Waals surface area contributed by atoms with Crippen molar-refractivity contribution in [3.8, 4) is 0 Å². The molecule has 0 fully saturated rings. The van der Waals surface area contributed by atoms with Crippen LogP contribution in [0.2, 0.25) is 0 Å². The molecule has 0 rings (SSSR count). The largest absolute Gasteiger partial charge is 0.392 e. The summed E-state index contributed by atoms with van der Waals surface area (Å²) in [5, 5.41) is 39.1. The Balaban J connectivity index is 5.26. The second-order valence-corrected chi connectivity index (χ2v) is 20.0. The fraction of sp³-hybridized carbons (Fsp3) is 1.00. The van der Waals surface area contributed by atoms with Crippen molar-refractivity contribution in [3.63, 3.8) is 0 Å². The van der Waals surface area contributed by atoms with Crippen LogP contribution < -0.4 is 0 Å². The Morgan fingerprint density at radius 2 is 0.410 bits per heavy atom. The van der Waals surface area contributed by atoms with Crippen molar-refractivity contribution in [1.82, 2.24) is 10.0 Å². The predicted molar refractivity (Wildman–Crippen MR) is 272 cm³/mol. The van der Waals surface area contributed by atoms with Crippen molar-refractivity contribution < 1.29 is 15.3 Å². The summed E-state index contributed by atoms with van der Waals surface area (Å²) in [4.78, 5) is 0. The highest BCUT2D eigenvalue weighted by Crippen LogP contribution is 2.19. The molecule has 0 saturated carbocycles. The summed E-state index contributed by atoms with van der Waals surface area (Å²) in [5.41, 5.74) is 0. The highest BCUT2D eigenvalue weighted by molar-refractivity contribution is 4.73. The molecule has 0 radical (unpaired) electrons. The summed E-state index contributed by atoms with van der Waals surface area (Å²) in [6.07, 6.45) is 56.6. The molecule has 0 amide bonds. The first kappa shape index (κ1) is 60.8. The molecular weight excluding hydrogens is 749 g/mol. The zero-order valence-electron chi connectivity index (χ0n) is 42.6. The molecule has 3 atom stereocenters. The summed E-state index contributed by atoms with van der Waals surface area (Å²) in [6, 6.07) is 0. The van der Waals surface area contributed by atoms with Crippen molar-refractivity contribution in [2.75, 3.05) is 26.2 Å². The molecule has 0 aromatic heterocycles. The van der Waals surface area contributed by atoms with Gasteiger partial charge in [0.05, 0.1) is 18.3 Å². The first-order valence-electron chi connectivity index (χ1n) is 28.5. The number of hydrogen-bond donors (Lipinski definition) is 3. The Morgan fingerprint density at radius 1 is 0.230 bits per heavy atom. The average molecular weight is 866 g/mol. The second-order valence-electron chi connectivity index (χ2n) is 20.0. The van der Waals surface area contributed by atoms with E-state index in [-0.39, 0.29) is 6.10 Å². The quantitative estimate of drug-likeness (QED) is 0.0420. The molecule has 0 aromatic rings. The number of aliphatic hydroxyl groups excluding tert-OH is 3. The van der Waals surface area contributed by atoms with Gasteiger partial charge in [-0.05, 0) is 25.7 Å². The van der Waals surface area contributed by atoms with E-state index in [1.807, 2.05) is 0 Å². The van der Waals surface area contributed by atoms with Crippen LogP contribution in [0.4, 0.5) is 0 Å². The van der Waals surface area contributed by atoms with E-state index >= 15 is 0 Å². The van der Waals surface area contributed by atoms with Crippen LogP contribution >= 0.6 is 0 Å². The molecule has 368 valence electrons. The summed E-state index contributed by atoms with van der Waals surface area (Å²) < 4.78 is 0. The van der Waals surface area contributed by atoms with E-state index in [9.17, 15) is 15.3 Å². The zero-order valence-corrected chi connectivity index (χ0v) is 42.6. The first-order chi connectivity index (χ1) is 30.0. The number of unbranched alkanes of at least 4 members (excludes halogenated alkanes) is 38. The minimum Gasteiger partial charge on any atom is -0.392 e. The van der Waals surface area contributed by atoms with Gasteiger partial charge in [-0.2, -0.15) is 0 Å². The Hall–Kier alpha value is -0.200. The van der Waals surface area contributed by atoms with Crippen LogP contribution in [0, 0.1) is 0 Å². The topological polar surface area (TPSA) is 67.2 Å².